The molecule has 188 valence electrons. The number of methoxy groups -OCH3 is 1. The van der Waals surface area contributed by atoms with Crippen LogP contribution in [-0.2, 0) is 24.2 Å². The number of aryl methyl sites for hydroxylation is 3. The van der Waals surface area contributed by atoms with Gasteiger partial charge in [0.1, 0.15) is 6.61 Å². The summed E-state index contributed by atoms with van der Waals surface area (Å²) < 4.78 is 11.5. The molecule has 1 N–H and O–H groups in total. The molecule has 5 nitrogen and oxygen atoms in total. The van der Waals surface area contributed by atoms with Crippen LogP contribution in [0.15, 0.2) is 72.1 Å². The van der Waals surface area contributed by atoms with Gasteiger partial charge in [-0.25, -0.2) is 4.98 Å². The Morgan fingerprint density at radius 1 is 1.03 bits per heavy atom. The van der Waals surface area contributed by atoms with Gasteiger partial charge in [-0.1, -0.05) is 42.5 Å². The number of anilines is 1. The Morgan fingerprint density at radius 2 is 1.86 bits per heavy atom. The SMILES string of the molecule is COc1cc(/C=C/C(=O)Nc2nc(-c3ccc4c(c3)CCCC4)cs2)ccc1OCc1ccccc1C. The van der Waals surface area contributed by atoms with Crippen molar-refractivity contribution in [2.45, 2.75) is 39.2 Å². The van der Waals surface area contributed by atoms with Gasteiger partial charge in [-0.05, 0) is 84.7 Å². The van der Waals surface area contributed by atoms with Crippen molar-refractivity contribution in [3.63, 3.8) is 0 Å². The molecule has 4 aromatic rings. The smallest absolute Gasteiger partial charge is 0.250 e. The standard InChI is InChI=1S/C31H30N2O3S/c1-21-7-3-4-10-26(21)19-36-28-15-11-22(17-29(28)35-2)12-16-30(34)33-31-32-27(20-37-31)25-14-13-23-8-5-6-9-24(23)18-25/h3-4,7,10-18,20H,5-6,8-9,19H2,1-2H3,(H,32,33,34)/b16-12+. The maximum absolute atomic E-state index is 12.5. The van der Waals surface area contributed by atoms with Crippen LogP contribution >= 0.6 is 11.3 Å². The molecule has 1 heterocycles. The van der Waals surface area contributed by atoms with E-state index in [0.29, 0.717) is 23.2 Å². The van der Waals surface area contributed by atoms with E-state index in [9.17, 15) is 4.79 Å². The van der Waals surface area contributed by atoms with Gasteiger partial charge in [-0.3, -0.25) is 10.1 Å². The summed E-state index contributed by atoms with van der Waals surface area (Å²) in [6, 6.07) is 20.3. The van der Waals surface area contributed by atoms with Gasteiger partial charge in [0.25, 0.3) is 0 Å². The third kappa shape index (κ3) is 6.09. The van der Waals surface area contributed by atoms with Crippen LogP contribution < -0.4 is 14.8 Å². The van der Waals surface area contributed by atoms with Gasteiger partial charge in [0, 0.05) is 17.0 Å². The lowest BCUT2D eigenvalue weighted by molar-refractivity contribution is -0.111. The summed E-state index contributed by atoms with van der Waals surface area (Å²) in [5.74, 6) is 1.04. The second kappa shape index (κ2) is 11.4. The Labute approximate surface area is 221 Å². The summed E-state index contributed by atoms with van der Waals surface area (Å²) in [6.07, 6.45) is 8.06. The predicted molar refractivity (Wildman–Crippen MR) is 150 cm³/mol. The topological polar surface area (TPSA) is 60.5 Å². The molecular formula is C31H30N2O3S. The fourth-order valence-corrected chi connectivity index (χ4v) is 5.23. The number of fused-ring (bicyclic) bond motifs is 1. The van der Waals surface area contributed by atoms with Crippen LogP contribution in [0.4, 0.5) is 5.13 Å². The molecule has 0 radical (unpaired) electrons. The number of carbonyl (C=O) groups is 1. The minimum atomic E-state index is -0.231. The molecule has 0 fully saturated rings. The maximum Gasteiger partial charge on any atom is 0.250 e. The number of carbonyl (C=O) groups excluding carboxylic acids is 1. The van der Waals surface area contributed by atoms with E-state index >= 15 is 0 Å². The van der Waals surface area contributed by atoms with Gasteiger partial charge >= 0.3 is 0 Å². The third-order valence-electron chi connectivity index (χ3n) is 6.64. The van der Waals surface area contributed by atoms with Gasteiger partial charge < -0.3 is 9.47 Å². The van der Waals surface area contributed by atoms with E-state index in [4.69, 9.17) is 9.47 Å². The van der Waals surface area contributed by atoms with Crippen LogP contribution in [0.2, 0.25) is 0 Å². The molecule has 6 heteroatoms. The number of nitrogens with zero attached hydrogens (tertiary/aromatic N) is 1. The number of hydrogen-bond acceptors (Lipinski definition) is 5. The molecule has 0 unspecified atom stereocenters. The summed E-state index contributed by atoms with van der Waals surface area (Å²) >= 11 is 1.43. The van der Waals surface area contributed by atoms with Crippen LogP contribution in [0.1, 0.15) is 40.7 Å². The lowest BCUT2D eigenvalue weighted by Gasteiger charge is -2.16. The summed E-state index contributed by atoms with van der Waals surface area (Å²) in [5.41, 5.74) is 8.01. The molecule has 0 atom stereocenters. The molecular weight excluding hydrogens is 480 g/mol. The Balaban J connectivity index is 1.20. The van der Waals surface area contributed by atoms with E-state index < -0.39 is 0 Å². The number of rotatable bonds is 8. The number of nitrogens with one attached hydrogen (secondary N) is 1. The lowest BCUT2D eigenvalue weighted by atomic mass is 9.90. The highest BCUT2D eigenvalue weighted by molar-refractivity contribution is 7.14. The molecule has 0 bridgehead atoms. The van der Waals surface area contributed by atoms with Crippen LogP contribution in [0.5, 0.6) is 11.5 Å². The molecule has 0 saturated carbocycles. The monoisotopic (exact) mass is 510 g/mol. The predicted octanol–water partition coefficient (Wildman–Crippen LogP) is 7.24. The first-order chi connectivity index (χ1) is 18.1. The highest BCUT2D eigenvalue weighted by atomic mass is 32.1. The number of thiazole rings is 1. The fraction of sp³-hybridized carbons (Fsp3) is 0.226. The maximum atomic E-state index is 12.5. The van der Waals surface area contributed by atoms with Crippen molar-refractivity contribution >= 4 is 28.5 Å². The number of hydrogen-bond donors (Lipinski definition) is 1. The quantitative estimate of drug-likeness (QED) is 0.254. The molecule has 0 saturated heterocycles. The number of amides is 1. The summed E-state index contributed by atoms with van der Waals surface area (Å²) in [6.45, 7) is 2.53. The first-order valence-corrected chi connectivity index (χ1v) is 13.4. The van der Waals surface area contributed by atoms with E-state index in [1.807, 2.05) is 35.7 Å². The molecule has 1 aliphatic carbocycles. The van der Waals surface area contributed by atoms with Crippen LogP contribution in [0.25, 0.3) is 17.3 Å². The zero-order valence-corrected chi connectivity index (χ0v) is 21.9. The van der Waals surface area contributed by atoms with Crippen molar-refractivity contribution in [3.8, 4) is 22.8 Å². The number of benzene rings is 3. The van der Waals surface area contributed by atoms with Crippen molar-refractivity contribution in [2.24, 2.45) is 0 Å². The highest BCUT2D eigenvalue weighted by Crippen LogP contribution is 2.31. The molecule has 37 heavy (non-hydrogen) atoms. The summed E-state index contributed by atoms with van der Waals surface area (Å²) in [5, 5.41) is 5.45. The molecule has 3 aromatic carbocycles. The number of aromatic nitrogens is 1. The highest BCUT2D eigenvalue weighted by Gasteiger charge is 2.12. The Kier molecular flexibility index (Phi) is 7.66. The van der Waals surface area contributed by atoms with Gasteiger partial charge in [0.2, 0.25) is 5.91 Å². The van der Waals surface area contributed by atoms with Gasteiger partial charge in [-0.15, -0.1) is 11.3 Å². The molecule has 1 aliphatic rings. The van der Waals surface area contributed by atoms with Crippen molar-refractivity contribution in [1.29, 1.82) is 0 Å². The average Bonchev–Trinajstić information content (AvgIpc) is 3.39. The Morgan fingerprint density at radius 3 is 2.70 bits per heavy atom. The van der Waals surface area contributed by atoms with E-state index in [-0.39, 0.29) is 5.91 Å². The van der Waals surface area contributed by atoms with Crippen LogP contribution in [0.3, 0.4) is 0 Å². The largest absolute Gasteiger partial charge is 0.493 e. The molecule has 1 amide bonds. The van der Waals surface area contributed by atoms with Crippen molar-refractivity contribution in [1.82, 2.24) is 4.98 Å². The third-order valence-corrected chi connectivity index (χ3v) is 7.40. The van der Waals surface area contributed by atoms with Gasteiger partial charge in [0.05, 0.1) is 12.8 Å². The average molecular weight is 511 g/mol. The lowest BCUT2D eigenvalue weighted by Crippen LogP contribution is -2.07. The number of ether oxygens (including phenoxy) is 2. The Bertz CT molecular complexity index is 1440. The minimum absolute atomic E-state index is 0.231. The van der Waals surface area contributed by atoms with E-state index in [0.717, 1.165) is 35.2 Å². The van der Waals surface area contributed by atoms with Crippen molar-refractivity contribution in [2.75, 3.05) is 12.4 Å². The summed E-state index contributed by atoms with van der Waals surface area (Å²) in [7, 11) is 1.61. The van der Waals surface area contributed by atoms with Crippen molar-refractivity contribution in [3.05, 3.63) is 99.9 Å². The summed E-state index contributed by atoms with van der Waals surface area (Å²) in [4.78, 5) is 17.2. The van der Waals surface area contributed by atoms with Crippen LogP contribution in [0, 0.1) is 6.92 Å². The zero-order valence-electron chi connectivity index (χ0n) is 21.1. The first kappa shape index (κ1) is 24.8. The van der Waals surface area contributed by atoms with Gasteiger partial charge in [0.15, 0.2) is 16.6 Å². The van der Waals surface area contributed by atoms with E-state index in [2.05, 4.69) is 47.6 Å². The van der Waals surface area contributed by atoms with Crippen molar-refractivity contribution < 1.29 is 14.3 Å². The molecule has 0 aliphatic heterocycles. The molecule has 5 rings (SSSR count). The minimum Gasteiger partial charge on any atom is -0.493 e. The van der Waals surface area contributed by atoms with Gasteiger partial charge in [-0.2, -0.15) is 0 Å². The van der Waals surface area contributed by atoms with E-state index in [1.165, 1.54) is 46.9 Å². The van der Waals surface area contributed by atoms with E-state index in [1.54, 1.807) is 13.2 Å². The zero-order chi connectivity index (χ0) is 25.6. The molecule has 1 aromatic heterocycles. The molecule has 0 spiro atoms. The first-order valence-electron chi connectivity index (χ1n) is 12.5. The second-order valence-corrected chi connectivity index (χ2v) is 10.0. The second-order valence-electron chi connectivity index (χ2n) is 9.18. The van der Waals surface area contributed by atoms with Crippen LogP contribution in [-0.4, -0.2) is 18.0 Å². The fourth-order valence-electron chi connectivity index (χ4n) is 4.51. The Hall–Kier alpha value is -3.90. The normalized spacial score (nSPS) is 12.8.